The molecule has 0 rings (SSSR count). The van der Waals surface area contributed by atoms with Gasteiger partial charge >= 0.3 is 17.9 Å². The van der Waals surface area contributed by atoms with Gasteiger partial charge in [0.05, 0.1) is 0 Å². The molecule has 6 heteroatoms. The van der Waals surface area contributed by atoms with Gasteiger partial charge in [0.25, 0.3) is 0 Å². The van der Waals surface area contributed by atoms with Crippen LogP contribution in [0.1, 0.15) is 38.5 Å². The lowest BCUT2D eigenvalue weighted by atomic mass is 10.0. The first-order valence-corrected chi connectivity index (χ1v) is 5.25. The third-order valence-electron chi connectivity index (χ3n) is 2.11. The van der Waals surface area contributed by atoms with Crippen molar-refractivity contribution in [2.45, 2.75) is 38.5 Å². The van der Waals surface area contributed by atoms with Crippen molar-refractivity contribution < 1.29 is 29.7 Å². The van der Waals surface area contributed by atoms with Crippen molar-refractivity contribution in [3.8, 4) is 0 Å². The molecular formula is C11H16O6. The van der Waals surface area contributed by atoms with Gasteiger partial charge in [0.15, 0.2) is 0 Å². The molecule has 0 saturated carbocycles. The summed E-state index contributed by atoms with van der Waals surface area (Å²) in [6, 6.07) is 0. The monoisotopic (exact) mass is 244 g/mol. The fourth-order valence-corrected chi connectivity index (χ4v) is 1.26. The van der Waals surface area contributed by atoms with E-state index in [1.807, 2.05) is 0 Å². The zero-order valence-corrected chi connectivity index (χ0v) is 9.39. The maximum atomic E-state index is 10.4. The lowest BCUT2D eigenvalue weighted by Crippen LogP contribution is -2.00. The largest absolute Gasteiger partial charge is 0.481 e. The lowest BCUT2D eigenvalue weighted by molar-refractivity contribution is -0.138. The third-order valence-corrected chi connectivity index (χ3v) is 2.11. The van der Waals surface area contributed by atoms with Gasteiger partial charge in [-0.25, -0.2) is 0 Å². The summed E-state index contributed by atoms with van der Waals surface area (Å²) in [5, 5.41) is 25.5. The first kappa shape index (κ1) is 15.2. The van der Waals surface area contributed by atoms with Gasteiger partial charge in [0, 0.05) is 19.3 Å². The Kier molecular flexibility index (Phi) is 7.41. The Morgan fingerprint density at radius 1 is 0.706 bits per heavy atom. The van der Waals surface area contributed by atoms with Gasteiger partial charge in [0.2, 0.25) is 0 Å². The number of carboxylic acid groups (broad SMARTS) is 3. The summed E-state index contributed by atoms with van der Waals surface area (Å²) >= 11 is 0. The van der Waals surface area contributed by atoms with Crippen molar-refractivity contribution in [2.75, 3.05) is 0 Å². The number of hydrogen-bond donors (Lipinski definition) is 3. The Hall–Kier alpha value is -1.85. The van der Waals surface area contributed by atoms with E-state index in [2.05, 4.69) is 0 Å². The standard InChI is InChI=1S/C11H16O6/c12-9(13)3-1-2-8(4-6-10(14)15)5-7-11(16)17/h2H,1,3-7H2,(H,12,13)(H,14,15)(H,16,17). The number of rotatable bonds is 9. The molecule has 96 valence electrons. The lowest BCUT2D eigenvalue weighted by Gasteiger charge is -2.04. The van der Waals surface area contributed by atoms with E-state index in [1.54, 1.807) is 6.08 Å². The summed E-state index contributed by atoms with van der Waals surface area (Å²) in [7, 11) is 0. The van der Waals surface area contributed by atoms with E-state index >= 15 is 0 Å². The van der Waals surface area contributed by atoms with Gasteiger partial charge in [-0.15, -0.1) is 0 Å². The normalized spacial score (nSPS) is 9.65. The second kappa shape index (κ2) is 8.32. The van der Waals surface area contributed by atoms with Crippen LogP contribution in [0.25, 0.3) is 0 Å². The van der Waals surface area contributed by atoms with Crippen molar-refractivity contribution in [1.29, 1.82) is 0 Å². The predicted molar refractivity (Wildman–Crippen MR) is 58.7 cm³/mol. The molecule has 3 N–H and O–H groups in total. The molecule has 0 aliphatic carbocycles. The molecule has 0 unspecified atom stereocenters. The van der Waals surface area contributed by atoms with Crippen molar-refractivity contribution >= 4 is 17.9 Å². The number of carboxylic acids is 3. The van der Waals surface area contributed by atoms with E-state index in [1.165, 1.54) is 0 Å². The van der Waals surface area contributed by atoms with Crippen molar-refractivity contribution in [3.63, 3.8) is 0 Å². The van der Waals surface area contributed by atoms with E-state index in [4.69, 9.17) is 15.3 Å². The Morgan fingerprint density at radius 2 is 1.12 bits per heavy atom. The minimum Gasteiger partial charge on any atom is -0.481 e. The molecule has 0 saturated heterocycles. The van der Waals surface area contributed by atoms with Crippen LogP contribution in [0.4, 0.5) is 0 Å². The zero-order valence-electron chi connectivity index (χ0n) is 9.39. The van der Waals surface area contributed by atoms with Crippen LogP contribution >= 0.6 is 0 Å². The fourth-order valence-electron chi connectivity index (χ4n) is 1.26. The average molecular weight is 244 g/mol. The van der Waals surface area contributed by atoms with Crippen molar-refractivity contribution in [3.05, 3.63) is 11.6 Å². The van der Waals surface area contributed by atoms with E-state index in [0.29, 0.717) is 12.0 Å². The maximum absolute atomic E-state index is 10.4. The Bertz CT molecular complexity index is 298. The molecular weight excluding hydrogens is 228 g/mol. The highest BCUT2D eigenvalue weighted by molar-refractivity contribution is 5.68. The quantitative estimate of drug-likeness (QED) is 0.530. The molecule has 0 spiro atoms. The van der Waals surface area contributed by atoms with Crippen LogP contribution in [-0.4, -0.2) is 33.2 Å². The highest BCUT2D eigenvalue weighted by atomic mass is 16.4. The van der Waals surface area contributed by atoms with Crippen LogP contribution in [-0.2, 0) is 14.4 Å². The predicted octanol–water partition coefficient (Wildman–Crippen LogP) is 1.51. The number of aliphatic carboxylic acids is 3. The summed E-state index contributed by atoms with van der Waals surface area (Å²) in [5.41, 5.74) is 0.691. The second-order valence-corrected chi connectivity index (χ2v) is 3.58. The number of carbonyl (C=O) groups is 3. The highest BCUT2D eigenvalue weighted by Gasteiger charge is 2.05. The van der Waals surface area contributed by atoms with Crippen LogP contribution in [0, 0.1) is 0 Å². The highest BCUT2D eigenvalue weighted by Crippen LogP contribution is 2.14. The topological polar surface area (TPSA) is 112 Å². The first-order valence-electron chi connectivity index (χ1n) is 5.25. The minimum absolute atomic E-state index is 0.0381. The molecule has 0 aromatic rings. The van der Waals surface area contributed by atoms with Gasteiger partial charge in [-0.05, 0) is 19.3 Å². The van der Waals surface area contributed by atoms with Crippen LogP contribution in [0.2, 0.25) is 0 Å². The average Bonchev–Trinajstić information content (AvgIpc) is 2.20. The molecule has 0 aliphatic rings. The summed E-state index contributed by atoms with van der Waals surface area (Å²) in [6.07, 6.45) is 2.27. The smallest absolute Gasteiger partial charge is 0.303 e. The summed E-state index contributed by atoms with van der Waals surface area (Å²) in [6.45, 7) is 0. The molecule has 17 heavy (non-hydrogen) atoms. The van der Waals surface area contributed by atoms with Crippen molar-refractivity contribution in [2.24, 2.45) is 0 Å². The zero-order chi connectivity index (χ0) is 13.3. The van der Waals surface area contributed by atoms with Gasteiger partial charge in [-0.2, -0.15) is 0 Å². The SMILES string of the molecule is O=C(O)CCC=C(CCC(=O)O)CCC(=O)O. The molecule has 0 amide bonds. The van der Waals surface area contributed by atoms with Gasteiger partial charge in [0.1, 0.15) is 0 Å². The van der Waals surface area contributed by atoms with Gasteiger partial charge in [-0.1, -0.05) is 11.6 Å². The molecule has 0 aromatic carbocycles. The molecule has 0 aliphatic heterocycles. The van der Waals surface area contributed by atoms with Crippen LogP contribution in [0.15, 0.2) is 11.6 Å². The summed E-state index contributed by atoms with van der Waals surface area (Å²) in [4.78, 5) is 31.1. The molecule has 0 bridgehead atoms. The maximum Gasteiger partial charge on any atom is 0.303 e. The molecule has 0 aromatic heterocycles. The number of allylic oxidation sites excluding steroid dienone is 2. The number of hydrogen-bond acceptors (Lipinski definition) is 3. The Labute approximate surface area is 98.6 Å². The van der Waals surface area contributed by atoms with E-state index in [-0.39, 0.29) is 32.1 Å². The van der Waals surface area contributed by atoms with E-state index < -0.39 is 17.9 Å². The summed E-state index contributed by atoms with van der Waals surface area (Å²) in [5.74, 6) is -2.84. The van der Waals surface area contributed by atoms with Gasteiger partial charge < -0.3 is 15.3 Å². The van der Waals surface area contributed by atoms with Crippen LogP contribution in [0.3, 0.4) is 0 Å². The summed E-state index contributed by atoms with van der Waals surface area (Å²) < 4.78 is 0. The first-order chi connectivity index (χ1) is 7.91. The van der Waals surface area contributed by atoms with Crippen LogP contribution in [0.5, 0.6) is 0 Å². The molecule has 0 heterocycles. The van der Waals surface area contributed by atoms with Gasteiger partial charge in [-0.3, -0.25) is 14.4 Å². The molecule has 0 radical (unpaired) electrons. The fraction of sp³-hybridized carbons (Fsp3) is 0.545. The third kappa shape index (κ3) is 10.4. The van der Waals surface area contributed by atoms with E-state index in [9.17, 15) is 14.4 Å². The second-order valence-electron chi connectivity index (χ2n) is 3.58. The molecule has 0 fully saturated rings. The molecule has 0 atom stereocenters. The Balaban J connectivity index is 4.21. The minimum atomic E-state index is -0.954. The van der Waals surface area contributed by atoms with Crippen molar-refractivity contribution in [1.82, 2.24) is 0 Å². The van der Waals surface area contributed by atoms with Crippen LogP contribution < -0.4 is 0 Å². The Morgan fingerprint density at radius 3 is 1.47 bits per heavy atom. The van der Waals surface area contributed by atoms with E-state index in [0.717, 1.165) is 0 Å². The molecule has 6 nitrogen and oxygen atoms in total.